The van der Waals surface area contributed by atoms with Gasteiger partial charge in [0.2, 0.25) is 0 Å². The van der Waals surface area contributed by atoms with Gasteiger partial charge in [-0.25, -0.2) is 0 Å². The van der Waals surface area contributed by atoms with Gasteiger partial charge >= 0.3 is 5.97 Å². The molecule has 0 rings (SSSR count). The smallest absolute Gasteiger partial charge is 0.305 e. The lowest BCUT2D eigenvalue weighted by atomic mass is 10.1. The molecule has 0 aliphatic carbocycles. The van der Waals surface area contributed by atoms with Gasteiger partial charge in [-0.15, -0.1) is 0 Å². The van der Waals surface area contributed by atoms with Crippen molar-refractivity contribution < 1.29 is 9.53 Å². The Morgan fingerprint density at radius 1 is 0.619 bits per heavy atom. The van der Waals surface area contributed by atoms with Crippen molar-refractivity contribution in [1.82, 2.24) is 0 Å². The van der Waals surface area contributed by atoms with E-state index in [2.05, 4.69) is 13.8 Å². The van der Waals surface area contributed by atoms with Crippen molar-refractivity contribution in [3.05, 3.63) is 0 Å². The summed E-state index contributed by atoms with van der Waals surface area (Å²) in [4.78, 5) is 11.4. The van der Waals surface area contributed by atoms with E-state index in [1.165, 1.54) is 64.2 Å². The van der Waals surface area contributed by atoms with Gasteiger partial charge in [0.05, 0.1) is 6.61 Å². The minimum atomic E-state index is -0.00414. The van der Waals surface area contributed by atoms with Crippen molar-refractivity contribution in [2.75, 3.05) is 6.61 Å². The molecule has 0 spiro atoms. The maximum absolute atomic E-state index is 11.4. The third kappa shape index (κ3) is 17.4. The molecule has 2 heteroatoms. The second-order valence-electron chi connectivity index (χ2n) is 6.21. The number of unbranched alkanes of at least 4 members (excludes halogenated alkanes) is 12. The van der Waals surface area contributed by atoms with Gasteiger partial charge in [0.25, 0.3) is 0 Å². The Balaban J connectivity index is 3.06. The molecular formula is C19H38O2. The molecule has 0 atom stereocenters. The monoisotopic (exact) mass is 298 g/mol. The lowest BCUT2D eigenvalue weighted by Crippen LogP contribution is -2.05. The summed E-state index contributed by atoms with van der Waals surface area (Å²) in [5.41, 5.74) is 0. The van der Waals surface area contributed by atoms with Crippen LogP contribution in [0.5, 0.6) is 0 Å². The minimum Gasteiger partial charge on any atom is -0.466 e. The topological polar surface area (TPSA) is 26.3 Å². The lowest BCUT2D eigenvalue weighted by molar-refractivity contribution is -0.143. The first-order valence-electron chi connectivity index (χ1n) is 9.46. The highest BCUT2D eigenvalue weighted by Crippen LogP contribution is 2.11. The number of carbonyl (C=O) groups is 1. The first-order chi connectivity index (χ1) is 10.3. The Morgan fingerprint density at radius 2 is 1.05 bits per heavy atom. The molecule has 0 N–H and O–H groups in total. The molecule has 0 saturated heterocycles. The Bertz CT molecular complexity index is 214. The third-order valence-electron chi connectivity index (χ3n) is 4.00. The quantitative estimate of drug-likeness (QED) is 0.243. The van der Waals surface area contributed by atoms with E-state index in [9.17, 15) is 4.79 Å². The lowest BCUT2D eigenvalue weighted by Gasteiger charge is -2.05. The highest BCUT2D eigenvalue weighted by Gasteiger charge is 2.01. The van der Waals surface area contributed by atoms with E-state index in [4.69, 9.17) is 4.74 Å². The zero-order chi connectivity index (χ0) is 15.6. The molecule has 0 aliphatic heterocycles. The van der Waals surface area contributed by atoms with Crippen molar-refractivity contribution in [1.29, 1.82) is 0 Å². The van der Waals surface area contributed by atoms with Gasteiger partial charge in [0, 0.05) is 6.42 Å². The summed E-state index contributed by atoms with van der Waals surface area (Å²) < 4.78 is 5.23. The molecule has 0 heterocycles. The van der Waals surface area contributed by atoms with E-state index in [-0.39, 0.29) is 5.97 Å². The van der Waals surface area contributed by atoms with E-state index < -0.39 is 0 Å². The average molecular weight is 299 g/mol. The fraction of sp³-hybridized carbons (Fsp3) is 0.947. The van der Waals surface area contributed by atoms with Gasteiger partial charge in [-0.05, 0) is 12.8 Å². The normalized spacial score (nSPS) is 10.8. The van der Waals surface area contributed by atoms with Crippen LogP contribution in [0.3, 0.4) is 0 Å². The van der Waals surface area contributed by atoms with Gasteiger partial charge < -0.3 is 4.74 Å². The molecule has 0 fully saturated rings. The Hall–Kier alpha value is -0.530. The molecule has 0 aromatic rings. The highest BCUT2D eigenvalue weighted by molar-refractivity contribution is 5.69. The van der Waals surface area contributed by atoms with E-state index in [0.717, 1.165) is 25.7 Å². The van der Waals surface area contributed by atoms with Crippen molar-refractivity contribution in [3.8, 4) is 0 Å². The molecule has 0 amide bonds. The Labute approximate surface area is 133 Å². The fourth-order valence-electron chi connectivity index (χ4n) is 2.54. The van der Waals surface area contributed by atoms with Crippen molar-refractivity contribution in [3.63, 3.8) is 0 Å². The van der Waals surface area contributed by atoms with Gasteiger partial charge in [-0.2, -0.15) is 0 Å². The summed E-state index contributed by atoms with van der Waals surface area (Å²) in [6.07, 6.45) is 18.5. The molecule has 0 radical (unpaired) electrons. The number of hydrogen-bond donors (Lipinski definition) is 0. The summed E-state index contributed by atoms with van der Waals surface area (Å²) in [6, 6.07) is 0. The van der Waals surface area contributed by atoms with Crippen LogP contribution in [0, 0.1) is 0 Å². The molecule has 0 aliphatic rings. The summed E-state index contributed by atoms with van der Waals surface area (Å²) >= 11 is 0. The Kier molecular flexibility index (Phi) is 17.1. The van der Waals surface area contributed by atoms with Crippen LogP contribution < -0.4 is 0 Å². The first kappa shape index (κ1) is 20.5. The number of ether oxygens (including phenoxy) is 1. The predicted octanol–water partition coefficient (Wildman–Crippen LogP) is 6.42. The molecule has 126 valence electrons. The van der Waals surface area contributed by atoms with Crippen LogP contribution in [0.15, 0.2) is 0 Å². The van der Waals surface area contributed by atoms with Crippen molar-refractivity contribution in [2.24, 2.45) is 0 Å². The van der Waals surface area contributed by atoms with E-state index >= 15 is 0 Å². The van der Waals surface area contributed by atoms with Crippen LogP contribution >= 0.6 is 0 Å². The van der Waals surface area contributed by atoms with E-state index in [1.807, 2.05) is 0 Å². The standard InChI is InChI=1S/C19H38O2/c1-3-5-7-8-9-10-11-12-13-14-16-18-21-19(20)17-15-6-4-2/h3-18H2,1-2H3. The fourth-order valence-corrected chi connectivity index (χ4v) is 2.54. The maximum atomic E-state index is 11.4. The maximum Gasteiger partial charge on any atom is 0.305 e. The van der Waals surface area contributed by atoms with Gasteiger partial charge in [-0.3, -0.25) is 4.79 Å². The zero-order valence-electron chi connectivity index (χ0n) is 14.6. The molecule has 2 nitrogen and oxygen atoms in total. The largest absolute Gasteiger partial charge is 0.466 e. The summed E-state index contributed by atoms with van der Waals surface area (Å²) in [5, 5.41) is 0. The predicted molar refractivity (Wildman–Crippen MR) is 91.6 cm³/mol. The number of rotatable bonds is 16. The molecule has 0 aromatic carbocycles. The minimum absolute atomic E-state index is 0.00414. The summed E-state index contributed by atoms with van der Waals surface area (Å²) in [7, 11) is 0. The van der Waals surface area contributed by atoms with Crippen LogP contribution in [0.1, 0.15) is 110 Å². The second-order valence-corrected chi connectivity index (χ2v) is 6.21. The summed E-state index contributed by atoms with van der Waals surface area (Å²) in [5.74, 6) is -0.00414. The molecule has 0 bridgehead atoms. The average Bonchev–Trinajstić information content (AvgIpc) is 2.48. The number of carbonyl (C=O) groups excluding carboxylic acids is 1. The first-order valence-corrected chi connectivity index (χ1v) is 9.46. The Morgan fingerprint density at radius 3 is 1.57 bits per heavy atom. The second kappa shape index (κ2) is 17.5. The number of hydrogen-bond acceptors (Lipinski definition) is 2. The van der Waals surface area contributed by atoms with Gasteiger partial charge in [-0.1, -0.05) is 90.9 Å². The van der Waals surface area contributed by atoms with E-state index in [0.29, 0.717) is 13.0 Å². The molecule has 0 unspecified atom stereocenters. The van der Waals surface area contributed by atoms with Crippen molar-refractivity contribution >= 4 is 5.97 Å². The molecule has 0 aromatic heterocycles. The summed E-state index contributed by atoms with van der Waals surface area (Å²) in [6.45, 7) is 5.04. The van der Waals surface area contributed by atoms with Crippen LogP contribution in [-0.2, 0) is 9.53 Å². The van der Waals surface area contributed by atoms with Gasteiger partial charge in [0.1, 0.15) is 0 Å². The van der Waals surface area contributed by atoms with Crippen molar-refractivity contribution in [2.45, 2.75) is 110 Å². The highest BCUT2D eigenvalue weighted by atomic mass is 16.5. The van der Waals surface area contributed by atoms with E-state index in [1.54, 1.807) is 0 Å². The van der Waals surface area contributed by atoms with Crippen LogP contribution in [0.4, 0.5) is 0 Å². The van der Waals surface area contributed by atoms with Crippen LogP contribution in [0.2, 0.25) is 0 Å². The van der Waals surface area contributed by atoms with Crippen LogP contribution in [0.25, 0.3) is 0 Å². The van der Waals surface area contributed by atoms with Crippen LogP contribution in [-0.4, -0.2) is 12.6 Å². The molecule has 0 saturated carbocycles. The number of esters is 1. The molecular weight excluding hydrogens is 260 g/mol. The van der Waals surface area contributed by atoms with Gasteiger partial charge in [0.15, 0.2) is 0 Å². The molecule has 21 heavy (non-hydrogen) atoms. The zero-order valence-corrected chi connectivity index (χ0v) is 14.6. The third-order valence-corrected chi connectivity index (χ3v) is 4.00. The SMILES string of the molecule is CCCCCCCCCCCCCOC(=O)CCCCC.